The molecule has 0 aromatic heterocycles. The molecule has 3 atom stereocenters. The van der Waals surface area contributed by atoms with Gasteiger partial charge in [-0.1, -0.05) is 60.3 Å². The first-order chi connectivity index (χ1) is 8.01. The van der Waals surface area contributed by atoms with Crippen LogP contribution in [0.1, 0.15) is 79.6 Å². The summed E-state index contributed by atoms with van der Waals surface area (Å²) in [6.45, 7) is 11.2. The summed E-state index contributed by atoms with van der Waals surface area (Å²) in [4.78, 5) is 0. The molecule has 0 aliphatic rings. The predicted molar refractivity (Wildman–Crippen MR) is 76.1 cm³/mol. The first kappa shape index (κ1) is 16.9. The van der Waals surface area contributed by atoms with Crippen LogP contribution in [0.5, 0.6) is 0 Å². The van der Waals surface area contributed by atoms with E-state index in [2.05, 4.69) is 34.6 Å². The Morgan fingerprint density at radius 1 is 0.941 bits per heavy atom. The largest absolute Gasteiger partial charge is 0.247 e. The van der Waals surface area contributed by atoms with Gasteiger partial charge in [0, 0.05) is 0 Å². The second-order valence-corrected chi connectivity index (χ2v) is 6.08. The fourth-order valence-corrected chi connectivity index (χ4v) is 2.69. The quantitative estimate of drug-likeness (QED) is 0.413. The smallest absolute Gasteiger partial charge is 0.100 e. The normalized spacial score (nSPS) is 17.1. The maximum atomic E-state index is 13.7. The lowest BCUT2D eigenvalue weighted by Crippen LogP contribution is -2.15. The molecule has 0 N–H and O–H groups in total. The van der Waals surface area contributed by atoms with Crippen LogP contribution in [0.3, 0.4) is 0 Å². The van der Waals surface area contributed by atoms with Crippen molar-refractivity contribution in [2.24, 2.45) is 17.8 Å². The zero-order valence-electron chi connectivity index (χ0n) is 12.6. The van der Waals surface area contributed by atoms with E-state index in [4.69, 9.17) is 0 Å². The van der Waals surface area contributed by atoms with Crippen molar-refractivity contribution in [3.63, 3.8) is 0 Å². The average Bonchev–Trinajstić information content (AvgIpc) is 2.25. The van der Waals surface area contributed by atoms with Crippen molar-refractivity contribution in [1.82, 2.24) is 0 Å². The molecule has 0 fully saturated rings. The molecule has 0 amide bonds. The van der Waals surface area contributed by atoms with Crippen molar-refractivity contribution >= 4 is 0 Å². The molecule has 3 unspecified atom stereocenters. The molecule has 0 aromatic carbocycles. The predicted octanol–water partition coefficient (Wildman–Crippen LogP) is 6.00. The van der Waals surface area contributed by atoms with Crippen molar-refractivity contribution in [1.29, 1.82) is 0 Å². The van der Waals surface area contributed by atoms with E-state index in [9.17, 15) is 4.39 Å². The Morgan fingerprint density at radius 2 is 1.59 bits per heavy atom. The lowest BCUT2D eigenvalue weighted by molar-refractivity contribution is 0.217. The van der Waals surface area contributed by atoms with Gasteiger partial charge < -0.3 is 0 Å². The van der Waals surface area contributed by atoms with Crippen LogP contribution >= 0.6 is 0 Å². The maximum absolute atomic E-state index is 13.7. The molecule has 17 heavy (non-hydrogen) atoms. The molecule has 0 radical (unpaired) electrons. The first-order valence-corrected chi connectivity index (χ1v) is 7.65. The molecule has 104 valence electrons. The van der Waals surface area contributed by atoms with Crippen molar-refractivity contribution in [2.45, 2.75) is 85.7 Å². The minimum absolute atomic E-state index is 0.541. The minimum Gasteiger partial charge on any atom is -0.247 e. The van der Waals surface area contributed by atoms with Gasteiger partial charge in [0.25, 0.3) is 0 Å². The lowest BCUT2D eigenvalue weighted by Gasteiger charge is -2.24. The Bertz CT molecular complexity index is 165. The van der Waals surface area contributed by atoms with E-state index < -0.39 is 6.17 Å². The van der Waals surface area contributed by atoms with Crippen LogP contribution in [0.25, 0.3) is 0 Å². The average molecular weight is 244 g/mol. The van der Waals surface area contributed by atoms with E-state index in [0.29, 0.717) is 5.92 Å². The molecular weight excluding hydrogens is 211 g/mol. The molecule has 0 nitrogen and oxygen atoms in total. The maximum Gasteiger partial charge on any atom is 0.100 e. The van der Waals surface area contributed by atoms with Crippen molar-refractivity contribution < 1.29 is 4.39 Å². The molecule has 0 heterocycles. The number of hydrogen-bond donors (Lipinski definition) is 0. The zero-order chi connectivity index (χ0) is 13.3. The van der Waals surface area contributed by atoms with Crippen LogP contribution in [0.4, 0.5) is 4.39 Å². The molecule has 0 aliphatic carbocycles. The Kier molecular flexibility index (Phi) is 9.87. The zero-order valence-corrected chi connectivity index (χ0v) is 12.6. The van der Waals surface area contributed by atoms with Crippen LogP contribution in [0.15, 0.2) is 0 Å². The number of halogens is 1. The van der Waals surface area contributed by atoms with Gasteiger partial charge in [-0.3, -0.25) is 0 Å². The van der Waals surface area contributed by atoms with Crippen molar-refractivity contribution in [3.05, 3.63) is 0 Å². The van der Waals surface area contributed by atoms with Crippen LogP contribution in [0.2, 0.25) is 0 Å². The molecular formula is C16H33F. The van der Waals surface area contributed by atoms with E-state index in [1.807, 2.05) is 0 Å². The lowest BCUT2D eigenvalue weighted by atomic mass is 9.83. The molecule has 1 heteroatoms. The van der Waals surface area contributed by atoms with Crippen LogP contribution in [0, 0.1) is 17.8 Å². The highest BCUT2D eigenvalue weighted by Gasteiger charge is 2.18. The molecule has 0 bridgehead atoms. The summed E-state index contributed by atoms with van der Waals surface area (Å²) in [5.41, 5.74) is 0. The van der Waals surface area contributed by atoms with Crippen LogP contribution in [-0.2, 0) is 0 Å². The Labute approximate surface area is 108 Å². The number of rotatable bonds is 10. The summed E-state index contributed by atoms with van der Waals surface area (Å²) in [6.07, 6.45) is 6.83. The molecule has 0 saturated carbocycles. The van der Waals surface area contributed by atoms with Gasteiger partial charge in [-0.15, -0.1) is 0 Å². The van der Waals surface area contributed by atoms with Gasteiger partial charge in [0.15, 0.2) is 0 Å². The Hall–Kier alpha value is -0.0700. The minimum atomic E-state index is -0.568. The number of hydrogen-bond acceptors (Lipinski definition) is 0. The molecule has 0 aliphatic heterocycles. The van der Waals surface area contributed by atoms with Gasteiger partial charge >= 0.3 is 0 Å². The van der Waals surface area contributed by atoms with Crippen molar-refractivity contribution in [2.75, 3.05) is 0 Å². The van der Waals surface area contributed by atoms with E-state index in [1.165, 1.54) is 25.7 Å². The second kappa shape index (κ2) is 9.91. The fourth-order valence-electron chi connectivity index (χ4n) is 2.69. The van der Waals surface area contributed by atoms with Gasteiger partial charge in [0.2, 0.25) is 0 Å². The number of unbranched alkanes of at least 4 members (excludes halogenated alkanes) is 2. The van der Waals surface area contributed by atoms with Gasteiger partial charge in [-0.25, -0.2) is 4.39 Å². The summed E-state index contributed by atoms with van der Waals surface area (Å²) in [5.74, 6) is 2.05. The van der Waals surface area contributed by atoms with Gasteiger partial charge in [-0.2, -0.15) is 0 Å². The highest BCUT2D eigenvalue weighted by atomic mass is 19.1. The van der Waals surface area contributed by atoms with E-state index in [0.717, 1.165) is 31.1 Å². The van der Waals surface area contributed by atoms with Gasteiger partial charge in [0.1, 0.15) is 6.17 Å². The van der Waals surface area contributed by atoms with Crippen LogP contribution < -0.4 is 0 Å². The standard InChI is InChI=1S/C16H33F/c1-6-8-9-10-16(17)12-14(5)11-15(7-2)13(3)4/h13-16H,6-12H2,1-5H3. The van der Waals surface area contributed by atoms with E-state index in [1.54, 1.807) is 0 Å². The summed E-state index contributed by atoms with van der Waals surface area (Å²) in [7, 11) is 0. The topological polar surface area (TPSA) is 0 Å². The third kappa shape index (κ3) is 8.63. The summed E-state index contributed by atoms with van der Waals surface area (Å²) >= 11 is 0. The summed E-state index contributed by atoms with van der Waals surface area (Å²) in [6, 6.07) is 0. The van der Waals surface area contributed by atoms with Gasteiger partial charge in [-0.05, 0) is 37.0 Å². The molecule has 0 spiro atoms. The van der Waals surface area contributed by atoms with Gasteiger partial charge in [0.05, 0.1) is 0 Å². The molecule has 0 rings (SSSR count). The third-order valence-electron chi connectivity index (χ3n) is 3.95. The Morgan fingerprint density at radius 3 is 2.06 bits per heavy atom. The third-order valence-corrected chi connectivity index (χ3v) is 3.95. The van der Waals surface area contributed by atoms with Crippen LogP contribution in [-0.4, -0.2) is 6.17 Å². The molecule has 0 saturated heterocycles. The number of alkyl halides is 1. The summed E-state index contributed by atoms with van der Waals surface area (Å²) in [5, 5.41) is 0. The van der Waals surface area contributed by atoms with E-state index >= 15 is 0 Å². The first-order valence-electron chi connectivity index (χ1n) is 7.65. The Balaban J connectivity index is 3.79. The van der Waals surface area contributed by atoms with E-state index in [-0.39, 0.29) is 0 Å². The monoisotopic (exact) mass is 244 g/mol. The summed E-state index contributed by atoms with van der Waals surface area (Å²) < 4.78 is 13.7. The highest BCUT2D eigenvalue weighted by molar-refractivity contribution is 4.69. The fraction of sp³-hybridized carbons (Fsp3) is 1.00. The molecule has 0 aromatic rings. The second-order valence-electron chi connectivity index (χ2n) is 6.08. The highest BCUT2D eigenvalue weighted by Crippen LogP contribution is 2.27. The SMILES string of the molecule is CCCCCC(F)CC(C)CC(CC)C(C)C. The van der Waals surface area contributed by atoms with Crippen molar-refractivity contribution in [3.8, 4) is 0 Å².